The van der Waals surface area contributed by atoms with Crippen LogP contribution >= 0.6 is 15.9 Å². The van der Waals surface area contributed by atoms with E-state index in [0.717, 1.165) is 15.9 Å². The SMILES string of the molecule is O=C(Cc1ccn[nH]1)Nc1ccc(Br)cc1. The number of nitrogens with one attached hydrogen (secondary N) is 2. The maximum Gasteiger partial charge on any atom is 0.230 e. The summed E-state index contributed by atoms with van der Waals surface area (Å²) >= 11 is 3.33. The average Bonchev–Trinajstić information content (AvgIpc) is 2.74. The summed E-state index contributed by atoms with van der Waals surface area (Å²) < 4.78 is 0.985. The summed E-state index contributed by atoms with van der Waals surface area (Å²) in [6.07, 6.45) is 1.93. The van der Waals surface area contributed by atoms with Gasteiger partial charge in [0, 0.05) is 22.1 Å². The summed E-state index contributed by atoms with van der Waals surface area (Å²) in [4.78, 5) is 11.6. The second kappa shape index (κ2) is 4.94. The van der Waals surface area contributed by atoms with Crippen LogP contribution in [0.15, 0.2) is 41.0 Å². The molecule has 1 amide bonds. The van der Waals surface area contributed by atoms with Crippen molar-refractivity contribution in [1.82, 2.24) is 10.2 Å². The van der Waals surface area contributed by atoms with E-state index in [4.69, 9.17) is 0 Å². The van der Waals surface area contributed by atoms with Gasteiger partial charge in [0.2, 0.25) is 5.91 Å². The van der Waals surface area contributed by atoms with Gasteiger partial charge >= 0.3 is 0 Å². The van der Waals surface area contributed by atoms with Gasteiger partial charge in [0.05, 0.1) is 6.42 Å². The molecule has 0 saturated heterocycles. The first kappa shape index (κ1) is 10.9. The highest BCUT2D eigenvalue weighted by atomic mass is 79.9. The molecular weight excluding hydrogens is 270 g/mol. The molecule has 2 N–H and O–H groups in total. The molecule has 0 atom stereocenters. The lowest BCUT2D eigenvalue weighted by Gasteiger charge is -2.03. The van der Waals surface area contributed by atoms with Crippen molar-refractivity contribution in [1.29, 1.82) is 0 Å². The molecule has 2 aromatic rings. The lowest BCUT2D eigenvalue weighted by atomic mass is 10.2. The van der Waals surface area contributed by atoms with Crippen LogP contribution in [0.1, 0.15) is 5.69 Å². The van der Waals surface area contributed by atoms with E-state index < -0.39 is 0 Å². The lowest BCUT2D eigenvalue weighted by molar-refractivity contribution is -0.115. The van der Waals surface area contributed by atoms with Crippen molar-refractivity contribution in [2.45, 2.75) is 6.42 Å². The Morgan fingerprint density at radius 3 is 2.69 bits per heavy atom. The molecule has 0 saturated carbocycles. The van der Waals surface area contributed by atoms with Crippen LogP contribution in [-0.2, 0) is 11.2 Å². The molecule has 82 valence electrons. The highest BCUT2D eigenvalue weighted by Crippen LogP contribution is 2.14. The minimum Gasteiger partial charge on any atom is -0.326 e. The number of H-pyrrole nitrogens is 1. The molecule has 0 aliphatic heterocycles. The van der Waals surface area contributed by atoms with E-state index in [-0.39, 0.29) is 5.91 Å². The summed E-state index contributed by atoms with van der Waals surface area (Å²) in [7, 11) is 0. The second-order valence-corrected chi connectivity index (χ2v) is 4.23. The first-order valence-corrected chi connectivity index (χ1v) is 5.57. The first-order chi connectivity index (χ1) is 7.74. The number of anilines is 1. The largest absolute Gasteiger partial charge is 0.326 e. The van der Waals surface area contributed by atoms with Crippen LogP contribution < -0.4 is 5.32 Å². The predicted molar refractivity (Wildman–Crippen MR) is 65.1 cm³/mol. The first-order valence-electron chi connectivity index (χ1n) is 4.78. The summed E-state index contributed by atoms with van der Waals surface area (Å²) in [5.74, 6) is -0.0634. The number of hydrogen-bond donors (Lipinski definition) is 2. The molecule has 0 fully saturated rings. The van der Waals surface area contributed by atoms with Crippen LogP contribution in [0.5, 0.6) is 0 Å². The fraction of sp³-hybridized carbons (Fsp3) is 0.0909. The Morgan fingerprint density at radius 2 is 2.06 bits per heavy atom. The third-order valence-corrected chi connectivity index (χ3v) is 2.57. The minimum absolute atomic E-state index is 0.0634. The predicted octanol–water partition coefficient (Wildman–Crippen LogP) is 2.35. The third-order valence-electron chi connectivity index (χ3n) is 2.04. The Hall–Kier alpha value is -1.62. The number of halogens is 1. The molecule has 0 aliphatic carbocycles. The molecule has 0 bridgehead atoms. The van der Waals surface area contributed by atoms with Gasteiger partial charge in [0.15, 0.2) is 0 Å². The van der Waals surface area contributed by atoms with E-state index in [1.165, 1.54) is 0 Å². The van der Waals surface area contributed by atoms with Gasteiger partial charge in [-0.2, -0.15) is 5.10 Å². The molecule has 2 rings (SSSR count). The maximum atomic E-state index is 11.6. The fourth-order valence-electron chi connectivity index (χ4n) is 1.29. The van der Waals surface area contributed by atoms with Crippen molar-refractivity contribution in [3.63, 3.8) is 0 Å². The Balaban J connectivity index is 1.95. The van der Waals surface area contributed by atoms with E-state index in [1.807, 2.05) is 24.3 Å². The summed E-state index contributed by atoms with van der Waals surface area (Å²) in [5.41, 5.74) is 1.59. The molecule has 0 spiro atoms. The minimum atomic E-state index is -0.0634. The van der Waals surface area contributed by atoms with Crippen LogP contribution in [0.4, 0.5) is 5.69 Å². The van der Waals surface area contributed by atoms with Crippen molar-refractivity contribution in [2.75, 3.05) is 5.32 Å². The number of benzene rings is 1. The van der Waals surface area contributed by atoms with Gasteiger partial charge in [0.25, 0.3) is 0 Å². The van der Waals surface area contributed by atoms with E-state index in [1.54, 1.807) is 12.3 Å². The number of aromatic nitrogens is 2. The average molecular weight is 280 g/mol. The van der Waals surface area contributed by atoms with E-state index in [0.29, 0.717) is 6.42 Å². The van der Waals surface area contributed by atoms with Gasteiger partial charge in [-0.3, -0.25) is 9.89 Å². The molecule has 0 unspecified atom stereocenters. The zero-order valence-corrected chi connectivity index (χ0v) is 9.99. The Kier molecular flexibility index (Phi) is 3.36. The zero-order chi connectivity index (χ0) is 11.4. The second-order valence-electron chi connectivity index (χ2n) is 3.31. The molecule has 5 heteroatoms. The van der Waals surface area contributed by atoms with E-state index >= 15 is 0 Å². The molecular formula is C11H10BrN3O. The number of carbonyl (C=O) groups is 1. The van der Waals surface area contributed by atoms with Crippen LogP contribution in [-0.4, -0.2) is 16.1 Å². The number of aromatic amines is 1. The van der Waals surface area contributed by atoms with Gasteiger partial charge in [0.1, 0.15) is 0 Å². The molecule has 0 radical (unpaired) electrons. The summed E-state index contributed by atoms with van der Waals surface area (Å²) in [6.45, 7) is 0. The van der Waals surface area contributed by atoms with E-state index in [9.17, 15) is 4.79 Å². The van der Waals surface area contributed by atoms with Gasteiger partial charge in [-0.15, -0.1) is 0 Å². The highest BCUT2D eigenvalue weighted by Gasteiger charge is 2.04. The smallest absolute Gasteiger partial charge is 0.230 e. The fourth-order valence-corrected chi connectivity index (χ4v) is 1.56. The summed E-state index contributed by atoms with van der Waals surface area (Å²) in [6, 6.07) is 9.22. The standard InChI is InChI=1S/C11H10BrN3O/c12-8-1-3-9(4-2-8)14-11(16)7-10-5-6-13-15-10/h1-6H,7H2,(H,13,15)(H,14,16). The molecule has 16 heavy (non-hydrogen) atoms. The van der Waals surface area contributed by atoms with Gasteiger partial charge in [-0.25, -0.2) is 0 Å². The van der Waals surface area contributed by atoms with Crippen LogP contribution in [0.2, 0.25) is 0 Å². The Morgan fingerprint density at radius 1 is 1.31 bits per heavy atom. The molecule has 1 aromatic carbocycles. The molecule has 4 nitrogen and oxygen atoms in total. The number of nitrogens with zero attached hydrogens (tertiary/aromatic N) is 1. The van der Waals surface area contributed by atoms with Crippen molar-refractivity contribution < 1.29 is 4.79 Å². The number of rotatable bonds is 3. The quantitative estimate of drug-likeness (QED) is 0.906. The molecule has 0 aliphatic rings. The third kappa shape index (κ3) is 2.93. The normalized spacial score (nSPS) is 10.1. The topological polar surface area (TPSA) is 57.8 Å². The zero-order valence-electron chi connectivity index (χ0n) is 8.40. The lowest BCUT2D eigenvalue weighted by Crippen LogP contribution is -2.14. The van der Waals surface area contributed by atoms with Crippen molar-refractivity contribution in [2.24, 2.45) is 0 Å². The van der Waals surface area contributed by atoms with Crippen LogP contribution in [0.3, 0.4) is 0 Å². The van der Waals surface area contributed by atoms with Gasteiger partial charge in [-0.05, 0) is 30.3 Å². The highest BCUT2D eigenvalue weighted by molar-refractivity contribution is 9.10. The van der Waals surface area contributed by atoms with Crippen molar-refractivity contribution in [3.8, 4) is 0 Å². The monoisotopic (exact) mass is 279 g/mol. The number of hydrogen-bond acceptors (Lipinski definition) is 2. The van der Waals surface area contributed by atoms with E-state index in [2.05, 4.69) is 31.4 Å². The number of carbonyl (C=O) groups excluding carboxylic acids is 1. The van der Waals surface area contributed by atoms with Gasteiger partial charge < -0.3 is 5.32 Å². The molecule has 1 heterocycles. The van der Waals surface area contributed by atoms with Gasteiger partial charge in [-0.1, -0.05) is 15.9 Å². The van der Waals surface area contributed by atoms with Crippen molar-refractivity contribution >= 4 is 27.5 Å². The van der Waals surface area contributed by atoms with Crippen LogP contribution in [0, 0.1) is 0 Å². The Labute approximate surface area is 101 Å². The maximum absolute atomic E-state index is 11.6. The number of amides is 1. The van der Waals surface area contributed by atoms with Crippen molar-refractivity contribution in [3.05, 3.63) is 46.7 Å². The molecule has 1 aromatic heterocycles. The van der Waals surface area contributed by atoms with Crippen LogP contribution in [0.25, 0.3) is 0 Å². The summed E-state index contributed by atoms with van der Waals surface area (Å²) in [5, 5.41) is 9.33. The Bertz CT molecular complexity index is 464.